The zero-order valence-corrected chi connectivity index (χ0v) is 11.6. The highest BCUT2D eigenvalue weighted by Gasteiger charge is 2.04. The predicted octanol–water partition coefficient (Wildman–Crippen LogP) is 3.62. The minimum Gasteiger partial charge on any atom is -0.493 e. The molecule has 0 spiro atoms. The molecule has 0 amide bonds. The van der Waals surface area contributed by atoms with Crippen molar-refractivity contribution in [2.45, 2.75) is 59.0 Å². The molecule has 18 heavy (non-hydrogen) atoms. The first-order valence-electron chi connectivity index (χ1n) is 6.97. The maximum Gasteiger partial charge on any atom is 0.125 e. The number of aliphatic hydroxyl groups excluding tert-OH is 1. The number of unbranched alkanes of at least 4 members (excludes halogenated alkanes) is 5. The van der Waals surface area contributed by atoms with Crippen molar-refractivity contribution in [3.05, 3.63) is 23.5 Å². The van der Waals surface area contributed by atoms with Crippen LogP contribution in [0.5, 0.6) is 5.75 Å². The molecule has 0 saturated heterocycles. The van der Waals surface area contributed by atoms with Crippen LogP contribution in [-0.4, -0.2) is 16.7 Å². The molecule has 0 saturated carbocycles. The number of pyridine rings is 1. The van der Waals surface area contributed by atoms with Gasteiger partial charge in [0.2, 0.25) is 0 Å². The number of hydrogen-bond acceptors (Lipinski definition) is 3. The van der Waals surface area contributed by atoms with Gasteiger partial charge in [0.15, 0.2) is 0 Å². The third kappa shape index (κ3) is 5.05. The Balaban J connectivity index is 2.23. The van der Waals surface area contributed by atoms with E-state index in [-0.39, 0.29) is 6.61 Å². The number of nitrogens with zero attached hydrogens (tertiary/aromatic N) is 1. The highest BCUT2D eigenvalue weighted by molar-refractivity contribution is 5.34. The third-order valence-electron chi connectivity index (χ3n) is 3.16. The molecular formula is C15H25NO2. The minimum atomic E-state index is -0.0277. The molecule has 1 N–H and O–H groups in total. The van der Waals surface area contributed by atoms with Crippen LogP contribution in [-0.2, 0) is 6.61 Å². The Kier molecular flexibility index (Phi) is 7.42. The Morgan fingerprint density at radius 2 is 1.89 bits per heavy atom. The van der Waals surface area contributed by atoms with Crippen molar-refractivity contribution < 1.29 is 9.84 Å². The van der Waals surface area contributed by atoms with E-state index in [9.17, 15) is 0 Å². The van der Waals surface area contributed by atoms with Gasteiger partial charge in [-0.1, -0.05) is 39.0 Å². The summed E-state index contributed by atoms with van der Waals surface area (Å²) in [5, 5.41) is 9.12. The van der Waals surface area contributed by atoms with Gasteiger partial charge in [0.05, 0.1) is 18.9 Å². The molecule has 3 heteroatoms. The summed E-state index contributed by atoms with van der Waals surface area (Å²) in [7, 11) is 0. The molecule has 0 aliphatic heterocycles. The maximum absolute atomic E-state index is 9.12. The Hall–Kier alpha value is -1.09. The van der Waals surface area contributed by atoms with Crippen molar-refractivity contribution in [2.24, 2.45) is 0 Å². The van der Waals surface area contributed by atoms with Crippen LogP contribution in [0.1, 0.15) is 56.7 Å². The SMILES string of the molecule is CCCCCCCCOc1ccnc(CO)c1C. The zero-order chi connectivity index (χ0) is 13.2. The maximum atomic E-state index is 9.12. The number of rotatable bonds is 9. The van der Waals surface area contributed by atoms with Gasteiger partial charge in [-0.3, -0.25) is 4.98 Å². The topological polar surface area (TPSA) is 42.4 Å². The van der Waals surface area contributed by atoms with Gasteiger partial charge in [0, 0.05) is 11.8 Å². The predicted molar refractivity (Wildman–Crippen MR) is 73.8 cm³/mol. The summed E-state index contributed by atoms with van der Waals surface area (Å²) < 4.78 is 5.73. The second-order valence-corrected chi connectivity index (χ2v) is 4.66. The fraction of sp³-hybridized carbons (Fsp3) is 0.667. The second kappa shape index (κ2) is 8.92. The number of hydrogen-bond donors (Lipinski definition) is 1. The van der Waals surface area contributed by atoms with Crippen LogP contribution < -0.4 is 4.74 Å². The van der Waals surface area contributed by atoms with E-state index in [0.29, 0.717) is 5.69 Å². The molecule has 3 nitrogen and oxygen atoms in total. The summed E-state index contributed by atoms with van der Waals surface area (Å²) in [6.45, 7) is 4.89. The monoisotopic (exact) mass is 251 g/mol. The van der Waals surface area contributed by atoms with Gasteiger partial charge in [-0.05, 0) is 19.4 Å². The van der Waals surface area contributed by atoms with Crippen LogP contribution in [0.25, 0.3) is 0 Å². The molecule has 1 heterocycles. The molecule has 0 atom stereocenters. The van der Waals surface area contributed by atoms with Crippen LogP contribution >= 0.6 is 0 Å². The molecule has 1 aromatic rings. The van der Waals surface area contributed by atoms with Crippen molar-refractivity contribution in [3.63, 3.8) is 0 Å². The normalized spacial score (nSPS) is 10.6. The van der Waals surface area contributed by atoms with Crippen molar-refractivity contribution in [1.29, 1.82) is 0 Å². The lowest BCUT2D eigenvalue weighted by Crippen LogP contribution is -2.02. The van der Waals surface area contributed by atoms with E-state index in [1.54, 1.807) is 6.20 Å². The zero-order valence-electron chi connectivity index (χ0n) is 11.6. The Morgan fingerprint density at radius 1 is 1.17 bits per heavy atom. The summed E-state index contributed by atoms with van der Waals surface area (Å²) in [6, 6.07) is 1.87. The number of aliphatic hydroxyl groups is 1. The average Bonchev–Trinajstić information content (AvgIpc) is 2.39. The van der Waals surface area contributed by atoms with E-state index >= 15 is 0 Å². The van der Waals surface area contributed by atoms with Gasteiger partial charge in [-0.15, -0.1) is 0 Å². The molecule has 0 fully saturated rings. The van der Waals surface area contributed by atoms with E-state index in [1.165, 1.54) is 32.1 Å². The molecule has 102 valence electrons. The third-order valence-corrected chi connectivity index (χ3v) is 3.16. The van der Waals surface area contributed by atoms with E-state index in [4.69, 9.17) is 9.84 Å². The highest BCUT2D eigenvalue weighted by atomic mass is 16.5. The Bertz CT molecular complexity index is 339. The fourth-order valence-corrected chi connectivity index (χ4v) is 1.94. The van der Waals surface area contributed by atoms with E-state index < -0.39 is 0 Å². The fourth-order valence-electron chi connectivity index (χ4n) is 1.94. The Morgan fingerprint density at radius 3 is 2.61 bits per heavy atom. The van der Waals surface area contributed by atoms with E-state index in [2.05, 4.69) is 11.9 Å². The van der Waals surface area contributed by atoms with Gasteiger partial charge >= 0.3 is 0 Å². The average molecular weight is 251 g/mol. The van der Waals surface area contributed by atoms with Gasteiger partial charge in [-0.25, -0.2) is 0 Å². The summed E-state index contributed by atoms with van der Waals surface area (Å²) in [5.41, 5.74) is 1.65. The molecule has 0 aliphatic rings. The lowest BCUT2D eigenvalue weighted by Gasteiger charge is -2.10. The molecule has 0 aliphatic carbocycles. The first-order valence-corrected chi connectivity index (χ1v) is 6.97. The smallest absolute Gasteiger partial charge is 0.125 e. The quantitative estimate of drug-likeness (QED) is 0.682. The van der Waals surface area contributed by atoms with Crippen LogP contribution in [0.3, 0.4) is 0 Å². The van der Waals surface area contributed by atoms with Gasteiger partial charge in [0.25, 0.3) is 0 Å². The summed E-state index contributed by atoms with van der Waals surface area (Å²) in [5.74, 6) is 0.850. The molecular weight excluding hydrogens is 226 g/mol. The molecule has 0 aromatic carbocycles. The van der Waals surface area contributed by atoms with Crippen LogP contribution in [0.4, 0.5) is 0 Å². The van der Waals surface area contributed by atoms with Crippen molar-refractivity contribution in [1.82, 2.24) is 4.98 Å². The van der Waals surface area contributed by atoms with E-state index in [1.807, 2.05) is 13.0 Å². The van der Waals surface area contributed by atoms with Crippen molar-refractivity contribution >= 4 is 0 Å². The van der Waals surface area contributed by atoms with Crippen LogP contribution in [0, 0.1) is 6.92 Å². The largest absolute Gasteiger partial charge is 0.493 e. The minimum absolute atomic E-state index is 0.0277. The number of aromatic nitrogens is 1. The first kappa shape index (κ1) is 15.0. The molecule has 0 radical (unpaired) electrons. The van der Waals surface area contributed by atoms with Gasteiger partial charge in [-0.2, -0.15) is 0 Å². The summed E-state index contributed by atoms with van der Waals surface area (Å²) >= 11 is 0. The molecule has 0 unspecified atom stereocenters. The van der Waals surface area contributed by atoms with Crippen molar-refractivity contribution in [2.75, 3.05) is 6.61 Å². The van der Waals surface area contributed by atoms with Crippen LogP contribution in [0.2, 0.25) is 0 Å². The van der Waals surface area contributed by atoms with Gasteiger partial charge in [0.1, 0.15) is 5.75 Å². The number of ether oxygens (including phenoxy) is 1. The van der Waals surface area contributed by atoms with Gasteiger partial charge < -0.3 is 9.84 Å². The lowest BCUT2D eigenvalue weighted by molar-refractivity contribution is 0.271. The Labute approximate surface area is 110 Å². The molecule has 1 aromatic heterocycles. The molecule has 1 rings (SSSR count). The highest BCUT2D eigenvalue weighted by Crippen LogP contribution is 2.19. The lowest BCUT2D eigenvalue weighted by atomic mass is 10.1. The van der Waals surface area contributed by atoms with Crippen molar-refractivity contribution in [3.8, 4) is 5.75 Å². The first-order chi connectivity index (χ1) is 8.79. The van der Waals surface area contributed by atoms with E-state index in [0.717, 1.165) is 24.3 Å². The standard InChI is InChI=1S/C15H25NO2/c1-3-4-5-6-7-8-11-18-15-9-10-16-14(12-17)13(15)2/h9-10,17H,3-8,11-12H2,1-2H3. The molecule has 0 bridgehead atoms. The second-order valence-electron chi connectivity index (χ2n) is 4.66. The summed E-state index contributed by atoms with van der Waals surface area (Å²) in [6.07, 6.45) is 9.28. The summed E-state index contributed by atoms with van der Waals surface area (Å²) in [4.78, 5) is 4.11. The van der Waals surface area contributed by atoms with Crippen LogP contribution in [0.15, 0.2) is 12.3 Å².